The lowest BCUT2D eigenvalue weighted by atomic mass is 10.1. The minimum atomic E-state index is -0.903. The molecule has 0 aliphatic carbocycles. The normalized spacial score (nSPS) is 10.7. The third-order valence-electron chi connectivity index (χ3n) is 2.45. The summed E-state index contributed by atoms with van der Waals surface area (Å²) in [6, 6.07) is 1.66. The molecule has 1 aromatic heterocycles. The van der Waals surface area contributed by atoms with Gasteiger partial charge < -0.3 is 14.4 Å². The van der Waals surface area contributed by atoms with Crippen molar-refractivity contribution in [1.82, 2.24) is 4.90 Å². The molecule has 1 rings (SSSR count). The summed E-state index contributed by atoms with van der Waals surface area (Å²) in [7, 11) is 0. The van der Waals surface area contributed by atoms with Crippen LogP contribution >= 0.6 is 0 Å². The summed E-state index contributed by atoms with van der Waals surface area (Å²) in [5, 5.41) is 8.70. The van der Waals surface area contributed by atoms with Crippen LogP contribution in [0.15, 0.2) is 16.7 Å². The van der Waals surface area contributed by atoms with Crippen LogP contribution < -0.4 is 0 Å². The number of hydrogen-bond donors (Lipinski definition) is 1. The molecule has 0 saturated heterocycles. The molecule has 100 valence electrons. The molecule has 0 aliphatic rings. The van der Waals surface area contributed by atoms with Gasteiger partial charge in [0.25, 0.3) is 5.91 Å². The molecule has 0 saturated carbocycles. The molecule has 0 aliphatic heterocycles. The van der Waals surface area contributed by atoms with Crippen LogP contribution in [0.1, 0.15) is 36.4 Å². The highest BCUT2D eigenvalue weighted by Crippen LogP contribution is 2.11. The smallest absolute Gasteiger partial charge is 0.305 e. The van der Waals surface area contributed by atoms with Crippen LogP contribution in [0.25, 0.3) is 0 Å². The monoisotopic (exact) mass is 253 g/mol. The molecule has 0 atom stereocenters. The average Bonchev–Trinajstić information content (AvgIpc) is 2.69. The summed E-state index contributed by atoms with van der Waals surface area (Å²) in [6.45, 7) is 6.50. The Hall–Kier alpha value is -1.78. The summed E-state index contributed by atoms with van der Waals surface area (Å²) in [5.74, 6) is -0.126. The van der Waals surface area contributed by atoms with E-state index in [2.05, 4.69) is 0 Å². The first-order valence-electron chi connectivity index (χ1n) is 5.96. The lowest BCUT2D eigenvalue weighted by Crippen LogP contribution is -2.35. The zero-order valence-corrected chi connectivity index (χ0v) is 11.0. The first-order chi connectivity index (χ1) is 8.40. The molecule has 1 heterocycles. The van der Waals surface area contributed by atoms with Gasteiger partial charge in [-0.05, 0) is 18.9 Å². The molecule has 0 unspecified atom stereocenters. The summed E-state index contributed by atoms with van der Waals surface area (Å²) in [6.07, 6.45) is 1.36. The predicted molar refractivity (Wildman–Crippen MR) is 66.4 cm³/mol. The molecule has 0 aromatic carbocycles. The van der Waals surface area contributed by atoms with Crippen LogP contribution in [0.2, 0.25) is 0 Å². The zero-order chi connectivity index (χ0) is 13.7. The summed E-state index contributed by atoms with van der Waals surface area (Å²) >= 11 is 0. The van der Waals surface area contributed by atoms with Crippen LogP contribution in [0, 0.1) is 12.8 Å². The zero-order valence-electron chi connectivity index (χ0n) is 11.0. The quantitative estimate of drug-likeness (QED) is 0.843. The molecule has 0 spiro atoms. The highest BCUT2D eigenvalue weighted by atomic mass is 16.4. The summed E-state index contributed by atoms with van der Waals surface area (Å²) in [4.78, 5) is 24.3. The van der Waals surface area contributed by atoms with Crippen LogP contribution in [0.5, 0.6) is 0 Å². The topological polar surface area (TPSA) is 70.8 Å². The fourth-order valence-corrected chi connectivity index (χ4v) is 1.69. The lowest BCUT2D eigenvalue weighted by molar-refractivity contribution is -0.137. The number of amides is 1. The minimum absolute atomic E-state index is 0.0463. The maximum absolute atomic E-state index is 12.2. The molecule has 1 aromatic rings. The van der Waals surface area contributed by atoms with Gasteiger partial charge in [0.2, 0.25) is 0 Å². The van der Waals surface area contributed by atoms with Crippen molar-refractivity contribution in [2.24, 2.45) is 5.92 Å². The van der Waals surface area contributed by atoms with Crippen molar-refractivity contribution in [3.8, 4) is 0 Å². The Bertz CT molecular complexity index is 422. The fraction of sp³-hybridized carbons (Fsp3) is 0.538. The maximum atomic E-state index is 12.2. The summed E-state index contributed by atoms with van der Waals surface area (Å²) < 4.78 is 5.10. The molecule has 1 amide bonds. The molecule has 5 nitrogen and oxygen atoms in total. The van der Waals surface area contributed by atoms with Crippen molar-refractivity contribution < 1.29 is 19.1 Å². The van der Waals surface area contributed by atoms with E-state index in [0.29, 0.717) is 17.9 Å². The number of carbonyl (C=O) groups excluding carboxylic acids is 1. The maximum Gasteiger partial charge on any atom is 0.305 e. The van der Waals surface area contributed by atoms with Crippen LogP contribution in [-0.4, -0.2) is 35.0 Å². The molecular formula is C13H19NO4. The summed E-state index contributed by atoms with van der Waals surface area (Å²) in [5.41, 5.74) is 0.471. The molecule has 18 heavy (non-hydrogen) atoms. The highest BCUT2D eigenvalue weighted by molar-refractivity contribution is 5.94. The van der Waals surface area contributed by atoms with Crippen molar-refractivity contribution in [2.45, 2.75) is 27.2 Å². The van der Waals surface area contributed by atoms with Crippen LogP contribution in [0.4, 0.5) is 0 Å². The Kier molecular flexibility index (Phi) is 4.95. The van der Waals surface area contributed by atoms with Gasteiger partial charge >= 0.3 is 5.97 Å². The largest absolute Gasteiger partial charge is 0.481 e. The molecule has 0 radical (unpaired) electrons. The molecule has 0 bridgehead atoms. The highest BCUT2D eigenvalue weighted by Gasteiger charge is 2.19. The number of furan rings is 1. The second-order valence-electron chi connectivity index (χ2n) is 4.73. The second kappa shape index (κ2) is 6.23. The van der Waals surface area contributed by atoms with Crippen molar-refractivity contribution in [2.75, 3.05) is 13.1 Å². The Morgan fingerprint density at radius 1 is 1.44 bits per heavy atom. The van der Waals surface area contributed by atoms with E-state index in [9.17, 15) is 9.59 Å². The number of carbonyl (C=O) groups is 2. The van der Waals surface area contributed by atoms with Gasteiger partial charge in [0, 0.05) is 13.1 Å². The Morgan fingerprint density at radius 3 is 2.56 bits per heavy atom. The first-order valence-corrected chi connectivity index (χ1v) is 5.96. The van der Waals surface area contributed by atoms with Crippen LogP contribution in [-0.2, 0) is 4.79 Å². The van der Waals surface area contributed by atoms with Gasteiger partial charge in [0.05, 0.1) is 12.0 Å². The van der Waals surface area contributed by atoms with Gasteiger partial charge in [0.15, 0.2) is 0 Å². The standard InChI is InChI=1S/C13H19NO4/c1-9(2)7-14(5-4-12(15)16)13(17)11-6-10(3)18-8-11/h6,8-9H,4-5,7H2,1-3H3,(H,15,16). The van der Waals surface area contributed by atoms with Gasteiger partial charge in [-0.25, -0.2) is 0 Å². The molecule has 0 fully saturated rings. The lowest BCUT2D eigenvalue weighted by Gasteiger charge is -2.23. The molecule has 1 N–H and O–H groups in total. The van der Waals surface area contributed by atoms with Gasteiger partial charge in [0.1, 0.15) is 12.0 Å². The van der Waals surface area contributed by atoms with E-state index in [4.69, 9.17) is 9.52 Å². The number of carboxylic acids is 1. The van der Waals surface area contributed by atoms with E-state index in [0.717, 1.165) is 0 Å². The number of aliphatic carboxylic acids is 1. The average molecular weight is 253 g/mol. The van der Waals surface area contributed by atoms with Gasteiger partial charge in [-0.3, -0.25) is 9.59 Å². The van der Waals surface area contributed by atoms with E-state index < -0.39 is 5.97 Å². The predicted octanol–water partition coefficient (Wildman–Crippen LogP) is 2.16. The van der Waals surface area contributed by atoms with Gasteiger partial charge in [-0.1, -0.05) is 13.8 Å². The van der Waals surface area contributed by atoms with Gasteiger partial charge in [-0.15, -0.1) is 0 Å². The minimum Gasteiger partial charge on any atom is -0.481 e. The molecule has 5 heteroatoms. The van der Waals surface area contributed by atoms with E-state index in [1.54, 1.807) is 17.9 Å². The number of hydrogen-bond acceptors (Lipinski definition) is 3. The van der Waals surface area contributed by atoms with Crippen LogP contribution in [0.3, 0.4) is 0 Å². The van der Waals surface area contributed by atoms with Gasteiger partial charge in [-0.2, -0.15) is 0 Å². The van der Waals surface area contributed by atoms with Crippen molar-refractivity contribution >= 4 is 11.9 Å². The van der Waals surface area contributed by atoms with E-state index in [1.165, 1.54) is 6.26 Å². The Morgan fingerprint density at radius 2 is 2.11 bits per heavy atom. The van der Waals surface area contributed by atoms with Crippen molar-refractivity contribution in [1.29, 1.82) is 0 Å². The third kappa shape index (κ3) is 4.24. The van der Waals surface area contributed by atoms with Crippen molar-refractivity contribution in [3.05, 3.63) is 23.7 Å². The van der Waals surface area contributed by atoms with E-state index in [1.807, 2.05) is 13.8 Å². The number of nitrogens with zero attached hydrogens (tertiary/aromatic N) is 1. The number of rotatable bonds is 6. The molecular weight excluding hydrogens is 234 g/mol. The number of aryl methyl sites for hydroxylation is 1. The Balaban J connectivity index is 2.75. The second-order valence-corrected chi connectivity index (χ2v) is 4.73. The third-order valence-corrected chi connectivity index (χ3v) is 2.45. The Labute approximate surface area is 106 Å². The number of carboxylic acid groups (broad SMARTS) is 1. The van der Waals surface area contributed by atoms with Crippen molar-refractivity contribution in [3.63, 3.8) is 0 Å². The van der Waals surface area contributed by atoms with E-state index in [-0.39, 0.29) is 24.8 Å². The SMILES string of the molecule is Cc1cc(C(=O)N(CCC(=O)O)CC(C)C)co1. The first kappa shape index (κ1) is 14.3. The van der Waals surface area contributed by atoms with E-state index >= 15 is 0 Å². The fourth-order valence-electron chi connectivity index (χ4n) is 1.69.